The van der Waals surface area contributed by atoms with Gasteiger partial charge in [-0.2, -0.15) is 0 Å². The van der Waals surface area contributed by atoms with Crippen LogP contribution >= 0.6 is 11.6 Å². The van der Waals surface area contributed by atoms with Crippen LogP contribution in [0.4, 0.5) is 5.82 Å². The molecule has 1 aromatic heterocycles. The van der Waals surface area contributed by atoms with Gasteiger partial charge in [-0.25, -0.2) is 4.98 Å². The van der Waals surface area contributed by atoms with Gasteiger partial charge in [-0.05, 0) is 30.9 Å². The summed E-state index contributed by atoms with van der Waals surface area (Å²) < 4.78 is 5.84. The van der Waals surface area contributed by atoms with Crippen molar-refractivity contribution in [3.05, 3.63) is 22.8 Å². The summed E-state index contributed by atoms with van der Waals surface area (Å²) in [6, 6.07) is 1.90. The van der Waals surface area contributed by atoms with Crippen molar-refractivity contribution in [3.8, 4) is 0 Å². The van der Waals surface area contributed by atoms with E-state index < -0.39 is 0 Å². The molecule has 19 heavy (non-hydrogen) atoms. The van der Waals surface area contributed by atoms with Crippen molar-refractivity contribution in [2.45, 2.75) is 38.8 Å². The zero-order chi connectivity index (χ0) is 13.7. The largest absolute Gasteiger partial charge is 0.376 e. The fraction of sp³-hybridized carbons (Fsp3) is 0.643. The number of rotatable bonds is 5. The zero-order valence-electron chi connectivity index (χ0n) is 11.4. The number of ether oxygens (including phenoxy) is 1. The molecule has 4 nitrogen and oxygen atoms in total. The second-order valence-electron chi connectivity index (χ2n) is 4.93. The van der Waals surface area contributed by atoms with Crippen LogP contribution in [-0.2, 0) is 11.3 Å². The molecule has 0 bridgehead atoms. The Morgan fingerprint density at radius 3 is 3.11 bits per heavy atom. The van der Waals surface area contributed by atoms with E-state index in [1.165, 1.54) is 0 Å². The molecule has 1 saturated heterocycles. The molecule has 0 aromatic carbocycles. The standard InChI is InChI=1S/C14H22ClN3O/c1-2-6-19-12-4-3-5-18(10-12)14-13(15)7-11(8-16)9-17-14/h7,9,12H,2-6,8,10,16H2,1H3. The van der Waals surface area contributed by atoms with Crippen LogP contribution in [0.2, 0.25) is 5.02 Å². The first-order valence-corrected chi connectivity index (χ1v) is 7.33. The van der Waals surface area contributed by atoms with E-state index in [1.54, 1.807) is 6.20 Å². The molecule has 106 valence electrons. The van der Waals surface area contributed by atoms with E-state index in [-0.39, 0.29) is 0 Å². The quantitative estimate of drug-likeness (QED) is 0.902. The number of anilines is 1. The molecular formula is C14H22ClN3O. The first-order chi connectivity index (χ1) is 9.24. The van der Waals surface area contributed by atoms with Crippen molar-refractivity contribution in [1.82, 2.24) is 4.98 Å². The summed E-state index contributed by atoms with van der Waals surface area (Å²) in [5.41, 5.74) is 6.55. The highest BCUT2D eigenvalue weighted by atomic mass is 35.5. The van der Waals surface area contributed by atoms with Crippen LogP contribution in [0, 0.1) is 0 Å². The highest BCUT2D eigenvalue weighted by molar-refractivity contribution is 6.33. The summed E-state index contributed by atoms with van der Waals surface area (Å²) in [6.07, 6.45) is 5.39. The predicted molar refractivity (Wildman–Crippen MR) is 78.6 cm³/mol. The topological polar surface area (TPSA) is 51.4 Å². The van der Waals surface area contributed by atoms with Gasteiger partial charge in [-0.3, -0.25) is 0 Å². The summed E-state index contributed by atoms with van der Waals surface area (Å²) >= 11 is 6.29. The van der Waals surface area contributed by atoms with Crippen molar-refractivity contribution < 1.29 is 4.74 Å². The number of piperidine rings is 1. The van der Waals surface area contributed by atoms with Crippen molar-refractivity contribution in [3.63, 3.8) is 0 Å². The monoisotopic (exact) mass is 283 g/mol. The minimum absolute atomic E-state index is 0.292. The Kier molecular flexibility index (Phi) is 5.43. The lowest BCUT2D eigenvalue weighted by atomic mass is 10.1. The maximum Gasteiger partial charge on any atom is 0.147 e. The third-order valence-electron chi connectivity index (χ3n) is 3.35. The maximum atomic E-state index is 6.29. The Morgan fingerprint density at radius 2 is 2.42 bits per heavy atom. The molecule has 0 amide bonds. The van der Waals surface area contributed by atoms with E-state index >= 15 is 0 Å². The van der Waals surface area contributed by atoms with Gasteiger partial charge in [0.15, 0.2) is 0 Å². The summed E-state index contributed by atoms with van der Waals surface area (Å²) in [7, 11) is 0. The molecule has 1 atom stereocenters. The van der Waals surface area contributed by atoms with Crippen LogP contribution < -0.4 is 10.6 Å². The summed E-state index contributed by atoms with van der Waals surface area (Å²) in [6.45, 7) is 5.28. The van der Waals surface area contributed by atoms with Gasteiger partial charge in [-0.15, -0.1) is 0 Å². The number of pyridine rings is 1. The fourth-order valence-electron chi connectivity index (χ4n) is 2.37. The van der Waals surface area contributed by atoms with Gasteiger partial charge in [0.2, 0.25) is 0 Å². The molecule has 1 unspecified atom stereocenters. The summed E-state index contributed by atoms with van der Waals surface area (Å²) in [5, 5.41) is 0.680. The molecule has 0 aliphatic carbocycles. The smallest absolute Gasteiger partial charge is 0.147 e. The van der Waals surface area contributed by atoms with Crippen LogP contribution in [-0.4, -0.2) is 30.8 Å². The molecule has 1 aromatic rings. The van der Waals surface area contributed by atoms with Crippen LogP contribution in [0.3, 0.4) is 0 Å². The molecule has 0 spiro atoms. The first-order valence-electron chi connectivity index (χ1n) is 6.95. The van der Waals surface area contributed by atoms with Gasteiger partial charge in [0.25, 0.3) is 0 Å². The van der Waals surface area contributed by atoms with Crippen molar-refractivity contribution in [2.75, 3.05) is 24.6 Å². The van der Waals surface area contributed by atoms with E-state index in [9.17, 15) is 0 Å². The van der Waals surface area contributed by atoms with Crippen molar-refractivity contribution in [2.24, 2.45) is 5.73 Å². The minimum Gasteiger partial charge on any atom is -0.376 e. The normalized spacial score (nSPS) is 19.7. The second kappa shape index (κ2) is 7.08. The number of halogens is 1. The van der Waals surface area contributed by atoms with E-state index in [4.69, 9.17) is 22.1 Å². The Balaban J connectivity index is 2.04. The molecule has 2 heterocycles. The third kappa shape index (κ3) is 3.81. The van der Waals surface area contributed by atoms with Gasteiger partial charge in [0.1, 0.15) is 5.82 Å². The highest BCUT2D eigenvalue weighted by Gasteiger charge is 2.22. The van der Waals surface area contributed by atoms with Crippen LogP contribution in [0.25, 0.3) is 0 Å². The van der Waals surface area contributed by atoms with Gasteiger partial charge in [0, 0.05) is 32.4 Å². The maximum absolute atomic E-state index is 6.29. The molecule has 1 aliphatic rings. The SMILES string of the molecule is CCCOC1CCCN(c2ncc(CN)cc2Cl)C1. The molecule has 1 aliphatic heterocycles. The zero-order valence-corrected chi connectivity index (χ0v) is 12.2. The summed E-state index contributed by atoms with van der Waals surface area (Å²) in [4.78, 5) is 6.66. The lowest BCUT2D eigenvalue weighted by Crippen LogP contribution is -2.40. The van der Waals surface area contributed by atoms with Crippen molar-refractivity contribution >= 4 is 17.4 Å². The van der Waals surface area contributed by atoms with Crippen LogP contribution in [0.1, 0.15) is 31.7 Å². The Morgan fingerprint density at radius 1 is 1.58 bits per heavy atom. The van der Waals surface area contributed by atoms with Gasteiger partial charge in [-0.1, -0.05) is 18.5 Å². The van der Waals surface area contributed by atoms with E-state index in [2.05, 4.69) is 16.8 Å². The van der Waals surface area contributed by atoms with Gasteiger partial charge in [0.05, 0.1) is 11.1 Å². The third-order valence-corrected chi connectivity index (χ3v) is 3.63. The second-order valence-corrected chi connectivity index (χ2v) is 5.34. The predicted octanol–water partition coefficient (Wildman–Crippen LogP) is 2.59. The Labute approximate surface area is 119 Å². The Bertz CT molecular complexity index is 414. The molecule has 0 saturated carbocycles. The fourth-order valence-corrected chi connectivity index (χ4v) is 2.67. The number of aromatic nitrogens is 1. The van der Waals surface area contributed by atoms with Crippen molar-refractivity contribution in [1.29, 1.82) is 0 Å². The van der Waals surface area contributed by atoms with E-state index in [1.807, 2.05) is 6.07 Å². The number of nitrogens with zero attached hydrogens (tertiary/aromatic N) is 2. The van der Waals surface area contributed by atoms with E-state index in [0.29, 0.717) is 17.7 Å². The average Bonchev–Trinajstić information content (AvgIpc) is 2.45. The molecule has 2 rings (SSSR count). The van der Waals surface area contributed by atoms with Crippen LogP contribution in [0.5, 0.6) is 0 Å². The lowest BCUT2D eigenvalue weighted by molar-refractivity contribution is 0.0439. The van der Waals surface area contributed by atoms with E-state index in [0.717, 1.165) is 50.3 Å². The lowest BCUT2D eigenvalue weighted by Gasteiger charge is -2.34. The molecule has 5 heteroatoms. The molecule has 1 fully saturated rings. The molecular weight excluding hydrogens is 262 g/mol. The Hall–Kier alpha value is -0.840. The number of nitrogens with two attached hydrogens (primary N) is 1. The average molecular weight is 284 g/mol. The number of hydrogen-bond acceptors (Lipinski definition) is 4. The molecule has 0 radical (unpaired) electrons. The minimum atomic E-state index is 0.292. The summed E-state index contributed by atoms with van der Waals surface area (Å²) in [5.74, 6) is 0.851. The molecule has 2 N–H and O–H groups in total. The highest BCUT2D eigenvalue weighted by Crippen LogP contribution is 2.27. The number of hydrogen-bond donors (Lipinski definition) is 1. The first kappa shape index (κ1) is 14.6. The van der Waals surface area contributed by atoms with Gasteiger partial charge < -0.3 is 15.4 Å². The van der Waals surface area contributed by atoms with Gasteiger partial charge >= 0.3 is 0 Å². The van der Waals surface area contributed by atoms with Crippen LogP contribution in [0.15, 0.2) is 12.3 Å².